The Kier molecular flexibility index (Phi) is 6.85. The van der Waals surface area contributed by atoms with Crippen LogP contribution in [-0.2, 0) is 22.6 Å². The van der Waals surface area contributed by atoms with E-state index < -0.39 is 34.7 Å². The van der Waals surface area contributed by atoms with Crippen LogP contribution in [0.4, 0.5) is 8.78 Å². The monoisotopic (exact) mass is 459 g/mol. The molecule has 0 amide bonds. The number of halogens is 3. The van der Waals surface area contributed by atoms with E-state index in [-0.39, 0.29) is 29.1 Å². The minimum absolute atomic E-state index is 0.0998. The molecule has 3 rings (SSSR count). The zero-order valence-corrected chi connectivity index (χ0v) is 17.1. The third kappa shape index (κ3) is 5.28. The highest BCUT2D eigenvalue weighted by Gasteiger charge is 2.16. The molecule has 2 N–H and O–H groups in total. The molecule has 0 fully saturated rings. The number of rotatable bonds is 7. The molecule has 0 spiro atoms. The Bertz CT molecular complexity index is 1300. The first-order chi connectivity index (χ1) is 15.2. The molecule has 1 heterocycles. The lowest BCUT2D eigenvalue weighted by Crippen LogP contribution is -2.25. The van der Waals surface area contributed by atoms with E-state index in [0.29, 0.717) is 17.2 Å². The summed E-state index contributed by atoms with van der Waals surface area (Å²) in [4.78, 5) is 35.1. The van der Waals surface area contributed by atoms with Gasteiger partial charge in [0.25, 0.3) is 11.3 Å². The summed E-state index contributed by atoms with van der Waals surface area (Å²) in [6.07, 6.45) is 2.01. The summed E-state index contributed by atoms with van der Waals surface area (Å²) >= 11 is 5.82. The van der Waals surface area contributed by atoms with Crippen LogP contribution >= 0.6 is 11.6 Å². The molecule has 0 radical (unpaired) electrons. The highest BCUT2D eigenvalue weighted by Crippen LogP contribution is 2.20. The molecule has 0 atom stereocenters. The zero-order chi connectivity index (χ0) is 23.4. The summed E-state index contributed by atoms with van der Waals surface area (Å²) in [5.41, 5.74) is 0.125. The number of aliphatic hydroxyl groups excluding tert-OH is 1. The van der Waals surface area contributed by atoms with Crippen molar-refractivity contribution in [2.24, 2.45) is 0 Å². The highest BCUT2D eigenvalue weighted by atomic mass is 35.5. The van der Waals surface area contributed by atoms with E-state index in [0.717, 1.165) is 4.57 Å². The van der Waals surface area contributed by atoms with Crippen molar-refractivity contribution in [1.82, 2.24) is 4.57 Å². The predicted octanol–water partition coefficient (Wildman–Crippen LogP) is 3.97. The zero-order valence-electron chi connectivity index (χ0n) is 16.4. The van der Waals surface area contributed by atoms with Crippen LogP contribution in [0.1, 0.15) is 22.3 Å². The Balaban J connectivity index is 2.10. The summed E-state index contributed by atoms with van der Waals surface area (Å²) in [5.74, 6) is -5.21. The second kappa shape index (κ2) is 9.57. The van der Waals surface area contributed by atoms with Crippen LogP contribution in [0.5, 0.6) is 0 Å². The highest BCUT2D eigenvalue weighted by molar-refractivity contribution is 6.38. The Hall–Kier alpha value is -3.78. The van der Waals surface area contributed by atoms with Gasteiger partial charge in [-0.05, 0) is 41.8 Å². The van der Waals surface area contributed by atoms with Crippen LogP contribution in [-0.4, -0.2) is 26.5 Å². The topological polar surface area (TPSA) is 96.6 Å². The number of carboxylic acid groups (broad SMARTS) is 1. The van der Waals surface area contributed by atoms with Gasteiger partial charge in [0.1, 0.15) is 17.4 Å². The van der Waals surface area contributed by atoms with E-state index in [2.05, 4.69) is 0 Å². The molecule has 6 nitrogen and oxygen atoms in total. The van der Waals surface area contributed by atoms with Crippen LogP contribution in [0.25, 0.3) is 5.76 Å². The van der Waals surface area contributed by atoms with Crippen LogP contribution < -0.4 is 5.56 Å². The molecule has 0 aliphatic carbocycles. The van der Waals surface area contributed by atoms with E-state index in [4.69, 9.17) is 16.7 Å². The lowest BCUT2D eigenvalue weighted by atomic mass is 10.0. The Morgan fingerprint density at radius 3 is 2.38 bits per heavy atom. The molecule has 9 heteroatoms. The van der Waals surface area contributed by atoms with Crippen molar-refractivity contribution in [3.63, 3.8) is 0 Å². The minimum atomic E-state index is -1.81. The Morgan fingerprint density at radius 2 is 1.72 bits per heavy atom. The Labute approximate surface area is 185 Å². The third-order valence-corrected chi connectivity index (χ3v) is 4.88. The SMILES string of the molecule is O=C(O)C(=O)/C=C(\O)c1cc(Cc2ccc(F)c(Cl)c2)cn(Cc2ccccc2F)c1=O. The van der Waals surface area contributed by atoms with Crippen molar-refractivity contribution in [2.75, 3.05) is 0 Å². The number of nitrogens with zero attached hydrogens (tertiary/aromatic N) is 1. The maximum Gasteiger partial charge on any atom is 0.376 e. The van der Waals surface area contributed by atoms with E-state index in [1.54, 1.807) is 6.07 Å². The number of pyridine rings is 1. The van der Waals surface area contributed by atoms with Crippen molar-refractivity contribution < 1.29 is 28.6 Å². The largest absolute Gasteiger partial charge is 0.507 e. The molecular formula is C23H16ClF2NO5. The number of aromatic nitrogens is 1. The molecule has 1 aromatic heterocycles. The molecule has 0 aliphatic heterocycles. The molecule has 3 aromatic rings. The summed E-state index contributed by atoms with van der Waals surface area (Å²) in [7, 11) is 0. The second-order valence-corrected chi connectivity index (χ2v) is 7.32. The van der Waals surface area contributed by atoms with Gasteiger partial charge in [0.15, 0.2) is 0 Å². The third-order valence-electron chi connectivity index (χ3n) is 4.59. The van der Waals surface area contributed by atoms with Gasteiger partial charge < -0.3 is 14.8 Å². The molecule has 164 valence electrons. The minimum Gasteiger partial charge on any atom is -0.507 e. The van der Waals surface area contributed by atoms with Gasteiger partial charge in [0.05, 0.1) is 17.1 Å². The van der Waals surface area contributed by atoms with Crippen molar-refractivity contribution in [2.45, 2.75) is 13.0 Å². The first-order valence-corrected chi connectivity index (χ1v) is 9.62. The fraction of sp³-hybridized carbons (Fsp3) is 0.0870. The van der Waals surface area contributed by atoms with Crippen molar-refractivity contribution in [1.29, 1.82) is 0 Å². The predicted molar refractivity (Wildman–Crippen MR) is 114 cm³/mol. The van der Waals surface area contributed by atoms with Crippen LogP contribution in [0, 0.1) is 11.6 Å². The maximum absolute atomic E-state index is 14.1. The van der Waals surface area contributed by atoms with Gasteiger partial charge in [-0.1, -0.05) is 35.9 Å². The molecular weight excluding hydrogens is 444 g/mol. The van der Waals surface area contributed by atoms with Crippen LogP contribution in [0.3, 0.4) is 0 Å². The lowest BCUT2D eigenvalue weighted by molar-refractivity contribution is -0.146. The summed E-state index contributed by atoms with van der Waals surface area (Å²) in [5, 5.41) is 18.9. The average Bonchev–Trinajstić information content (AvgIpc) is 2.74. The van der Waals surface area contributed by atoms with Crippen LogP contribution in [0.2, 0.25) is 5.02 Å². The molecule has 32 heavy (non-hydrogen) atoms. The Morgan fingerprint density at radius 1 is 1.00 bits per heavy atom. The number of benzene rings is 2. The molecule has 0 saturated heterocycles. The summed E-state index contributed by atoms with van der Waals surface area (Å²) in [6.45, 7) is -0.184. The van der Waals surface area contributed by atoms with Gasteiger partial charge in [-0.2, -0.15) is 0 Å². The fourth-order valence-corrected chi connectivity index (χ4v) is 3.26. The number of aliphatic carboxylic acids is 1. The fourth-order valence-electron chi connectivity index (χ4n) is 3.05. The van der Waals surface area contributed by atoms with E-state index in [1.807, 2.05) is 0 Å². The number of aliphatic hydroxyl groups is 1. The maximum atomic E-state index is 14.1. The molecule has 0 bridgehead atoms. The number of hydrogen-bond acceptors (Lipinski definition) is 4. The van der Waals surface area contributed by atoms with Gasteiger partial charge in [-0.15, -0.1) is 0 Å². The number of ketones is 1. The van der Waals surface area contributed by atoms with Gasteiger partial charge in [-0.25, -0.2) is 13.6 Å². The first-order valence-electron chi connectivity index (χ1n) is 9.24. The standard InChI is InChI=1S/C23H16ClF2NO5/c24-17-9-13(5-6-19(17)26)7-14-8-16(20(28)10-21(29)23(31)32)22(30)27(11-14)12-15-3-1-2-4-18(15)25/h1-6,8-11,28H,7,12H2,(H,31,32)/b20-10-. The molecule has 0 saturated carbocycles. The molecule has 0 unspecified atom stereocenters. The van der Waals surface area contributed by atoms with Crippen molar-refractivity contribution in [3.05, 3.63) is 110 Å². The second-order valence-electron chi connectivity index (χ2n) is 6.91. The van der Waals surface area contributed by atoms with Crippen molar-refractivity contribution in [3.8, 4) is 0 Å². The first kappa shape index (κ1) is 22.9. The van der Waals surface area contributed by atoms with Gasteiger partial charge in [-0.3, -0.25) is 9.59 Å². The normalized spacial score (nSPS) is 11.4. The number of hydrogen-bond donors (Lipinski definition) is 2. The van der Waals surface area contributed by atoms with E-state index >= 15 is 0 Å². The number of carbonyl (C=O) groups is 2. The quantitative estimate of drug-likeness (QED) is 0.316. The number of carboxylic acids is 1. The van der Waals surface area contributed by atoms with E-state index in [1.165, 1.54) is 48.7 Å². The van der Waals surface area contributed by atoms with Gasteiger partial charge in [0, 0.05) is 17.8 Å². The van der Waals surface area contributed by atoms with Gasteiger partial charge >= 0.3 is 5.97 Å². The summed E-state index contributed by atoms with van der Waals surface area (Å²) in [6, 6.07) is 11.1. The van der Waals surface area contributed by atoms with Crippen LogP contribution in [0.15, 0.2) is 65.6 Å². The average molecular weight is 460 g/mol. The molecule has 2 aromatic carbocycles. The van der Waals surface area contributed by atoms with Gasteiger partial charge in [0.2, 0.25) is 0 Å². The number of carbonyl (C=O) groups excluding carboxylic acids is 1. The van der Waals surface area contributed by atoms with E-state index in [9.17, 15) is 28.3 Å². The summed E-state index contributed by atoms with van der Waals surface area (Å²) < 4.78 is 28.7. The molecule has 0 aliphatic rings. The van der Waals surface area contributed by atoms with Crippen molar-refractivity contribution >= 4 is 29.1 Å². The smallest absolute Gasteiger partial charge is 0.376 e. The lowest BCUT2D eigenvalue weighted by Gasteiger charge is -2.13.